The van der Waals surface area contributed by atoms with Gasteiger partial charge in [-0.2, -0.15) is 0 Å². The molecule has 0 fully saturated rings. The predicted octanol–water partition coefficient (Wildman–Crippen LogP) is 1.28. The van der Waals surface area contributed by atoms with Gasteiger partial charge in [-0.25, -0.2) is 0 Å². The maximum absolute atomic E-state index is 12.4. The number of aliphatic carboxylic acids is 1. The van der Waals surface area contributed by atoms with Gasteiger partial charge in [-0.3, -0.25) is 4.79 Å². The van der Waals surface area contributed by atoms with E-state index in [2.05, 4.69) is 0 Å². The number of furan rings is 1. The fourth-order valence-corrected chi connectivity index (χ4v) is 1.95. The molecule has 0 radical (unpaired) electrons. The van der Waals surface area contributed by atoms with Gasteiger partial charge in [0.1, 0.15) is 11.5 Å². The van der Waals surface area contributed by atoms with Gasteiger partial charge >= 0.3 is 0 Å². The fourth-order valence-electron chi connectivity index (χ4n) is 1.95. The summed E-state index contributed by atoms with van der Waals surface area (Å²) in [4.78, 5) is 24.6. The first kappa shape index (κ1) is 15.3. The van der Waals surface area contributed by atoms with Crippen LogP contribution >= 0.6 is 0 Å². The molecular formula is C14H20NO4-. The molecule has 0 aliphatic heterocycles. The molecular weight excluding hydrogens is 246 g/mol. The quantitative estimate of drug-likeness (QED) is 0.777. The molecule has 0 spiro atoms. The average molecular weight is 266 g/mol. The lowest BCUT2D eigenvalue weighted by molar-refractivity contribution is -0.305. The zero-order valence-corrected chi connectivity index (χ0v) is 11.9. The van der Waals surface area contributed by atoms with Crippen LogP contribution in [0.5, 0.6) is 0 Å². The van der Waals surface area contributed by atoms with Crippen molar-refractivity contribution < 1.29 is 19.1 Å². The van der Waals surface area contributed by atoms with Gasteiger partial charge in [-0.1, -0.05) is 6.92 Å². The molecule has 0 unspecified atom stereocenters. The van der Waals surface area contributed by atoms with Crippen LogP contribution in [0.15, 0.2) is 10.5 Å². The van der Waals surface area contributed by atoms with Crippen LogP contribution in [-0.2, 0) is 4.79 Å². The van der Waals surface area contributed by atoms with Crippen molar-refractivity contribution in [3.8, 4) is 0 Å². The summed E-state index contributed by atoms with van der Waals surface area (Å²) in [5.74, 6) is -0.111. The van der Waals surface area contributed by atoms with Crippen LogP contribution in [0.4, 0.5) is 0 Å². The molecule has 0 saturated carbocycles. The molecule has 106 valence electrons. The van der Waals surface area contributed by atoms with Crippen LogP contribution in [-0.4, -0.2) is 29.4 Å². The van der Waals surface area contributed by atoms with E-state index in [1.807, 2.05) is 13.8 Å². The normalized spacial score (nSPS) is 12.2. The van der Waals surface area contributed by atoms with Crippen LogP contribution in [0.1, 0.15) is 48.6 Å². The van der Waals surface area contributed by atoms with E-state index >= 15 is 0 Å². The number of carbonyl (C=O) groups excluding carboxylic acids is 2. The molecule has 0 saturated heterocycles. The lowest BCUT2D eigenvalue weighted by Crippen LogP contribution is -2.41. The lowest BCUT2D eigenvalue weighted by Gasteiger charge is -2.28. The summed E-state index contributed by atoms with van der Waals surface area (Å²) in [6.07, 6.45) is 0.598. The smallest absolute Gasteiger partial charge is 0.257 e. The van der Waals surface area contributed by atoms with E-state index in [4.69, 9.17) is 4.42 Å². The molecule has 0 aliphatic rings. The topological polar surface area (TPSA) is 73.6 Å². The monoisotopic (exact) mass is 266 g/mol. The van der Waals surface area contributed by atoms with E-state index < -0.39 is 5.97 Å². The second-order valence-electron chi connectivity index (χ2n) is 4.70. The van der Waals surface area contributed by atoms with Crippen molar-refractivity contribution in [2.24, 2.45) is 0 Å². The van der Waals surface area contributed by atoms with Crippen molar-refractivity contribution in [1.82, 2.24) is 4.90 Å². The van der Waals surface area contributed by atoms with Gasteiger partial charge in [0.25, 0.3) is 5.91 Å². The summed E-state index contributed by atoms with van der Waals surface area (Å²) in [6, 6.07) is 1.66. The Kier molecular flexibility index (Phi) is 5.15. The molecule has 1 heterocycles. The Balaban J connectivity index is 2.93. The first-order valence-electron chi connectivity index (χ1n) is 6.44. The van der Waals surface area contributed by atoms with E-state index in [-0.39, 0.29) is 24.9 Å². The number of aryl methyl sites for hydroxylation is 2. The van der Waals surface area contributed by atoms with Gasteiger partial charge < -0.3 is 19.2 Å². The molecule has 5 nitrogen and oxygen atoms in total. The third-order valence-electron chi connectivity index (χ3n) is 3.21. The maximum atomic E-state index is 12.4. The second-order valence-corrected chi connectivity index (χ2v) is 4.70. The Morgan fingerprint density at radius 3 is 2.47 bits per heavy atom. The molecule has 0 aliphatic carbocycles. The highest BCUT2D eigenvalue weighted by Gasteiger charge is 2.23. The van der Waals surface area contributed by atoms with Crippen molar-refractivity contribution >= 4 is 11.9 Å². The number of carboxylic acids is 1. The lowest BCUT2D eigenvalue weighted by atomic mass is 10.1. The zero-order chi connectivity index (χ0) is 14.6. The standard InChI is InChI=1S/C14H21NO4/c1-5-9(2)15(7-6-13(16)17)14(18)12-8-10(3)19-11(12)4/h8-9H,5-7H2,1-4H3,(H,16,17)/p-1/t9-/m1/s1. The van der Waals surface area contributed by atoms with E-state index in [1.54, 1.807) is 24.8 Å². The highest BCUT2D eigenvalue weighted by molar-refractivity contribution is 5.95. The van der Waals surface area contributed by atoms with Crippen LogP contribution < -0.4 is 5.11 Å². The van der Waals surface area contributed by atoms with Gasteiger partial charge in [0.15, 0.2) is 0 Å². The number of carbonyl (C=O) groups is 2. The van der Waals surface area contributed by atoms with Crippen molar-refractivity contribution in [3.05, 3.63) is 23.2 Å². The Morgan fingerprint density at radius 2 is 2.05 bits per heavy atom. The molecule has 1 amide bonds. The minimum absolute atomic E-state index is 0.0264. The van der Waals surface area contributed by atoms with Crippen molar-refractivity contribution in [3.63, 3.8) is 0 Å². The van der Waals surface area contributed by atoms with Gasteiger partial charge in [0.2, 0.25) is 0 Å². The SMILES string of the molecule is CC[C@@H](C)N(CCC(=O)[O-])C(=O)c1cc(C)oc1C. The predicted molar refractivity (Wildman–Crippen MR) is 68.6 cm³/mol. The molecule has 1 rings (SSSR count). The molecule has 1 aromatic rings. The number of hydrogen-bond acceptors (Lipinski definition) is 4. The first-order chi connectivity index (χ1) is 8.86. The number of rotatable bonds is 6. The third kappa shape index (κ3) is 3.84. The molecule has 1 atom stereocenters. The van der Waals surface area contributed by atoms with Crippen molar-refractivity contribution in [1.29, 1.82) is 0 Å². The van der Waals surface area contributed by atoms with Crippen LogP contribution in [0.25, 0.3) is 0 Å². The van der Waals surface area contributed by atoms with Crippen LogP contribution in [0.3, 0.4) is 0 Å². The van der Waals surface area contributed by atoms with Crippen molar-refractivity contribution in [2.75, 3.05) is 6.54 Å². The van der Waals surface area contributed by atoms with Gasteiger partial charge in [-0.15, -0.1) is 0 Å². The number of hydrogen-bond donors (Lipinski definition) is 0. The highest BCUT2D eigenvalue weighted by Crippen LogP contribution is 2.18. The van der Waals surface area contributed by atoms with E-state index in [1.165, 1.54) is 0 Å². The second kappa shape index (κ2) is 6.41. The van der Waals surface area contributed by atoms with Gasteiger partial charge in [0, 0.05) is 25.0 Å². The Hall–Kier alpha value is -1.78. The summed E-state index contributed by atoms with van der Waals surface area (Å²) >= 11 is 0. The molecule has 19 heavy (non-hydrogen) atoms. The minimum atomic E-state index is -1.15. The Labute approximate surface area is 113 Å². The third-order valence-corrected chi connectivity index (χ3v) is 3.21. The maximum Gasteiger partial charge on any atom is 0.257 e. The average Bonchev–Trinajstić information content (AvgIpc) is 2.67. The summed E-state index contributed by atoms with van der Waals surface area (Å²) in [5, 5.41) is 10.6. The summed E-state index contributed by atoms with van der Waals surface area (Å²) in [5.41, 5.74) is 0.496. The van der Waals surface area contributed by atoms with Gasteiger partial charge in [-0.05, 0) is 33.3 Å². The number of amides is 1. The Morgan fingerprint density at radius 1 is 1.42 bits per heavy atom. The number of carboxylic acid groups (broad SMARTS) is 1. The molecule has 1 aromatic heterocycles. The minimum Gasteiger partial charge on any atom is -0.550 e. The van der Waals surface area contributed by atoms with Crippen LogP contribution in [0.2, 0.25) is 0 Å². The number of nitrogens with zero attached hydrogens (tertiary/aromatic N) is 1. The van der Waals surface area contributed by atoms with E-state index in [0.29, 0.717) is 17.1 Å². The van der Waals surface area contributed by atoms with Gasteiger partial charge in [0.05, 0.1) is 5.56 Å². The molecule has 0 aromatic carbocycles. The largest absolute Gasteiger partial charge is 0.550 e. The fraction of sp³-hybridized carbons (Fsp3) is 0.571. The summed E-state index contributed by atoms with van der Waals surface area (Å²) in [6.45, 7) is 7.51. The Bertz CT molecular complexity index is 464. The molecule has 0 N–H and O–H groups in total. The molecule has 5 heteroatoms. The zero-order valence-electron chi connectivity index (χ0n) is 11.9. The molecule has 0 bridgehead atoms. The van der Waals surface area contributed by atoms with E-state index in [0.717, 1.165) is 6.42 Å². The summed E-state index contributed by atoms with van der Waals surface area (Å²) in [7, 11) is 0. The highest BCUT2D eigenvalue weighted by atomic mass is 16.4. The van der Waals surface area contributed by atoms with E-state index in [9.17, 15) is 14.7 Å². The first-order valence-corrected chi connectivity index (χ1v) is 6.44. The van der Waals surface area contributed by atoms with Crippen LogP contribution in [0, 0.1) is 13.8 Å². The van der Waals surface area contributed by atoms with Crippen molar-refractivity contribution in [2.45, 2.75) is 46.6 Å². The summed E-state index contributed by atoms with van der Waals surface area (Å²) < 4.78 is 5.35.